The van der Waals surface area contributed by atoms with Gasteiger partial charge in [0.25, 0.3) is 0 Å². The van der Waals surface area contributed by atoms with Crippen LogP contribution in [0.3, 0.4) is 0 Å². The third-order valence-electron chi connectivity index (χ3n) is 2.43. The Kier molecular flexibility index (Phi) is 3.94. The van der Waals surface area contributed by atoms with Crippen LogP contribution in [-0.2, 0) is 12.8 Å². The van der Waals surface area contributed by atoms with Gasteiger partial charge < -0.3 is 5.73 Å². The van der Waals surface area contributed by atoms with Crippen molar-refractivity contribution in [3.05, 3.63) is 44.8 Å². The van der Waals surface area contributed by atoms with E-state index >= 15 is 0 Å². The quantitative estimate of drug-likeness (QED) is 0.848. The lowest BCUT2D eigenvalue weighted by Gasteiger charge is -2.09. The lowest BCUT2D eigenvalue weighted by Crippen LogP contribution is -2.22. The summed E-state index contributed by atoms with van der Waals surface area (Å²) < 4.78 is 0. The van der Waals surface area contributed by atoms with E-state index in [9.17, 15) is 0 Å². The average molecular weight is 237 g/mol. The van der Waals surface area contributed by atoms with Crippen molar-refractivity contribution in [2.45, 2.75) is 25.3 Å². The van der Waals surface area contributed by atoms with Crippen molar-refractivity contribution < 1.29 is 0 Å². The van der Waals surface area contributed by atoms with Gasteiger partial charge in [0, 0.05) is 10.9 Å². The minimum atomic E-state index is 0.295. The van der Waals surface area contributed by atoms with E-state index in [0.29, 0.717) is 6.04 Å². The SMILES string of the molecule is NC(CCc1ccsc1)Cc1cccs1. The highest BCUT2D eigenvalue weighted by Crippen LogP contribution is 2.14. The van der Waals surface area contributed by atoms with Crippen molar-refractivity contribution in [3.8, 4) is 0 Å². The molecule has 0 aromatic carbocycles. The van der Waals surface area contributed by atoms with E-state index in [2.05, 4.69) is 34.3 Å². The molecule has 0 aliphatic heterocycles. The van der Waals surface area contributed by atoms with Crippen molar-refractivity contribution >= 4 is 22.7 Å². The molecule has 0 saturated heterocycles. The Bertz CT molecular complexity index is 364. The molecule has 2 aromatic rings. The monoisotopic (exact) mass is 237 g/mol. The molecule has 0 radical (unpaired) electrons. The van der Waals surface area contributed by atoms with Crippen LogP contribution in [0, 0.1) is 0 Å². The summed E-state index contributed by atoms with van der Waals surface area (Å²) >= 11 is 3.55. The minimum Gasteiger partial charge on any atom is -0.327 e. The summed E-state index contributed by atoms with van der Waals surface area (Å²) in [7, 11) is 0. The smallest absolute Gasteiger partial charge is 0.00903 e. The summed E-state index contributed by atoms with van der Waals surface area (Å²) in [6.45, 7) is 0. The number of thiophene rings is 2. The van der Waals surface area contributed by atoms with Crippen molar-refractivity contribution in [2.75, 3.05) is 0 Å². The lowest BCUT2D eigenvalue weighted by molar-refractivity contribution is 0.615. The van der Waals surface area contributed by atoms with Crippen LogP contribution in [0.25, 0.3) is 0 Å². The molecule has 0 bridgehead atoms. The number of rotatable bonds is 5. The molecular weight excluding hydrogens is 222 g/mol. The largest absolute Gasteiger partial charge is 0.327 e. The average Bonchev–Trinajstić information content (AvgIpc) is 2.86. The van der Waals surface area contributed by atoms with Crippen molar-refractivity contribution in [3.63, 3.8) is 0 Å². The summed E-state index contributed by atoms with van der Waals surface area (Å²) in [5.74, 6) is 0. The van der Waals surface area contributed by atoms with E-state index in [4.69, 9.17) is 5.73 Å². The van der Waals surface area contributed by atoms with Crippen LogP contribution in [0.2, 0.25) is 0 Å². The van der Waals surface area contributed by atoms with Crippen LogP contribution in [0.15, 0.2) is 34.3 Å². The molecule has 1 nitrogen and oxygen atoms in total. The molecule has 0 fully saturated rings. The van der Waals surface area contributed by atoms with Crippen LogP contribution in [0.5, 0.6) is 0 Å². The normalized spacial score (nSPS) is 12.9. The van der Waals surface area contributed by atoms with Gasteiger partial charge >= 0.3 is 0 Å². The number of hydrogen-bond acceptors (Lipinski definition) is 3. The summed E-state index contributed by atoms with van der Waals surface area (Å²) in [5, 5.41) is 6.44. The first-order chi connectivity index (χ1) is 7.34. The topological polar surface area (TPSA) is 26.0 Å². The Morgan fingerprint density at radius 2 is 2.20 bits per heavy atom. The lowest BCUT2D eigenvalue weighted by atomic mass is 10.1. The van der Waals surface area contributed by atoms with Gasteiger partial charge in [0.15, 0.2) is 0 Å². The van der Waals surface area contributed by atoms with Crippen LogP contribution >= 0.6 is 22.7 Å². The molecule has 2 rings (SSSR count). The molecule has 0 aliphatic rings. The highest BCUT2D eigenvalue weighted by atomic mass is 32.1. The Morgan fingerprint density at radius 1 is 1.27 bits per heavy atom. The second-order valence-electron chi connectivity index (χ2n) is 3.71. The van der Waals surface area contributed by atoms with E-state index in [-0.39, 0.29) is 0 Å². The van der Waals surface area contributed by atoms with E-state index in [1.54, 1.807) is 22.7 Å². The summed E-state index contributed by atoms with van der Waals surface area (Å²) in [4.78, 5) is 1.40. The zero-order chi connectivity index (χ0) is 10.5. The third-order valence-corrected chi connectivity index (χ3v) is 4.06. The maximum Gasteiger partial charge on any atom is 0.00903 e. The van der Waals surface area contributed by atoms with E-state index in [1.807, 2.05) is 0 Å². The van der Waals surface area contributed by atoms with Gasteiger partial charge in [-0.2, -0.15) is 11.3 Å². The van der Waals surface area contributed by atoms with Gasteiger partial charge in [-0.15, -0.1) is 11.3 Å². The molecule has 0 aliphatic carbocycles. The van der Waals surface area contributed by atoms with Crippen molar-refractivity contribution in [1.82, 2.24) is 0 Å². The van der Waals surface area contributed by atoms with Gasteiger partial charge in [0.05, 0.1) is 0 Å². The summed E-state index contributed by atoms with van der Waals surface area (Å²) in [6.07, 6.45) is 3.20. The second kappa shape index (κ2) is 5.45. The molecular formula is C12H15NS2. The molecule has 0 spiro atoms. The Labute approximate surface area is 98.6 Å². The van der Waals surface area contributed by atoms with Gasteiger partial charge in [0.1, 0.15) is 0 Å². The Hall–Kier alpha value is -0.640. The molecule has 2 N–H and O–H groups in total. The standard InChI is InChI=1S/C12H15NS2/c13-11(8-12-2-1-6-15-12)4-3-10-5-7-14-9-10/h1-2,5-7,9,11H,3-4,8,13H2. The predicted octanol–water partition coefficient (Wildman–Crippen LogP) is 3.31. The molecule has 15 heavy (non-hydrogen) atoms. The van der Waals surface area contributed by atoms with Gasteiger partial charge in [-0.1, -0.05) is 6.07 Å². The second-order valence-corrected chi connectivity index (χ2v) is 5.53. The first kappa shape index (κ1) is 10.9. The molecule has 0 amide bonds. The molecule has 80 valence electrons. The van der Waals surface area contributed by atoms with E-state index < -0.39 is 0 Å². The van der Waals surface area contributed by atoms with Crippen LogP contribution in [0.4, 0.5) is 0 Å². The van der Waals surface area contributed by atoms with E-state index in [1.165, 1.54) is 10.4 Å². The fourth-order valence-electron chi connectivity index (χ4n) is 1.58. The highest BCUT2D eigenvalue weighted by Gasteiger charge is 2.05. The van der Waals surface area contributed by atoms with Gasteiger partial charge in [-0.05, 0) is 53.1 Å². The molecule has 1 unspecified atom stereocenters. The number of hydrogen-bond donors (Lipinski definition) is 1. The Morgan fingerprint density at radius 3 is 2.87 bits per heavy atom. The number of nitrogens with two attached hydrogens (primary N) is 1. The first-order valence-electron chi connectivity index (χ1n) is 5.13. The summed E-state index contributed by atoms with van der Waals surface area (Å²) in [5.41, 5.74) is 7.51. The molecule has 2 aromatic heterocycles. The molecule has 2 heterocycles. The zero-order valence-corrected chi connectivity index (χ0v) is 10.2. The van der Waals surface area contributed by atoms with Crippen LogP contribution < -0.4 is 5.73 Å². The number of aryl methyl sites for hydroxylation is 1. The predicted molar refractivity (Wildman–Crippen MR) is 68.6 cm³/mol. The fourth-order valence-corrected chi connectivity index (χ4v) is 3.08. The molecule has 3 heteroatoms. The van der Waals surface area contributed by atoms with Gasteiger partial charge in [-0.25, -0.2) is 0 Å². The Balaban J connectivity index is 1.76. The molecule has 1 atom stereocenters. The minimum absolute atomic E-state index is 0.295. The van der Waals surface area contributed by atoms with E-state index in [0.717, 1.165) is 19.3 Å². The maximum atomic E-state index is 6.09. The zero-order valence-electron chi connectivity index (χ0n) is 8.56. The highest BCUT2D eigenvalue weighted by molar-refractivity contribution is 7.09. The van der Waals surface area contributed by atoms with Gasteiger partial charge in [0.2, 0.25) is 0 Å². The summed E-state index contributed by atoms with van der Waals surface area (Å²) in [6, 6.07) is 6.73. The maximum absolute atomic E-state index is 6.09. The van der Waals surface area contributed by atoms with Crippen molar-refractivity contribution in [1.29, 1.82) is 0 Å². The molecule has 0 saturated carbocycles. The fraction of sp³-hybridized carbons (Fsp3) is 0.333. The van der Waals surface area contributed by atoms with Crippen LogP contribution in [-0.4, -0.2) is 6.04 Å². The first-order valence-corrected chi connectivity index (χ1v) is 6.96. The van der Waals surface area contributed by atoms with Gasteiger partial charge in [-0.3, -0.25) is 0 Å². The third kappa shape index (κ3) is 3.45. The van der Waals surface area contributed by atoms with Crippen molar-refractivity contribution in [2.24, 2.45) is 5.73 Å². The van der Waals surface area contributed by atoms with Crippen LogP contribution in [0.1, 0.15) is 16.9 Å².